The van der Waals surface area contributed by atoms with E-state index in [2.05, 4.69) is 46.6 Å². The quantitative estimate of drug-likeness (QED) is 0.724. The molecule has 0 aliphatic carbocycles. The van der Waals surface area contributed by atoms with Crippen LogP contribution in [-0.4, -0.2) is 34.6 Å². The number of hydrogen-bond acceptors (Lipinski definition) is 3. The van der Waals surface area contributed by atoms with E-state index in [1.807, 2.05) is 6.92 Å². The molecule has 0 unspecified atom stereocenters. The number of rotatable bonds is 3. The Morgan fingerprint density at radius 3 is 1.94 bits per heavy atom. The Kier molecular flexibility index (Phi) is 4.16. The highest BCUT2D eigenvalue weighted by Crippen LogP contribution is 2.44. The number of piperidine rings is 1. The Hall–Kier alpha value is -0.570. The Bertz CT molecular complexity index is 302. The molecule has 18 heavy (non-hydrogen) atoms. The Morgan fingerprint density at radius 2 is 1.56 bits per heavy atom. The summed E-state index contributed by atoms with van der Waals surface area (Å²) in [4.78, 5) is 14.2. The first-order valence-electron chi connectivity index (χ1n) is 6.98. The number of nitrogens with zero attached hydrogens (tertiary/aromatic N) is 1. The van der Waals surface area contributed by atoms with E-state index in [0.717, 1.165) is 19.3 Å². The number of carbonyl (C=O) groups excluding carboxylic acids is 1. The van der Waals surface area contributed by atoms with Gasteiger partial charge in [0.05, 0.1) is 0 Å². The minimum Gasteiger partial charge on any atom is -0.459 e. The van der Waals surface area contributed by atoms with E-state index >= 15 is 0 Å². The van der Waals surface area contributed by atoms with Crippen LogP contribution in [0.15, 0.2) is 0 Å². The van der Waals surface area contributed by atoms with Gasteiger partial charge in [-0.3, -0.25) is 9.69 Å². The van der Waals surface area contributed by atoms with Gasteiger partial charge in [0.2, 0.25) is 0 Å². The van der Waals surface area contributed by atoms with Crippen LogP contribution in [0.3, 0.4) is 0 Å². The molecule has 1 saturated heterocycles. The van der Waals surface area contributed by atoms with E-state index in [-0.39, 0.29) is 22.6 Å². The fraction of sp³-hybridized carbons (Fsp3) is 0.933. The molecule has 0 aromatic heterocycles. The second-order valence-corrected chi connectivity index (χ2v) is 7.21. The van der Waals surface area contributed by atoms with Crippen LogP contribution >= 0.6 is 0 Å². The molecule has 1 rings (SSSR count). The van der Waals surface area contributed by atoms with Crippen molar-refractivity contribution in [2.45, 2.75) is 83.9 Å². The molecule has 0 spiro atoms. The zero-order valence-corrected chi connectivity index (χ0v) is 13.1. The van der Waals surface area contributed by atoms with Crippen LogP contribution < -0.4 is 0 Å². The number of hydrogen-bond donors (Lipinski definition) is 0. The maximum absolute atomic E-state index is 11.8. The molecule has 0 aromatic carbocycles. The highest BCUT2D eigenvalue weighted by atomic mass is 16.6. The van der Waals surface area contributed by atoms with E-state index in [1.165, 1.54) is 0 Å². The molecule has 3 heteroatoms. The lowest BCUT2D eigenvalue weighted by Gasteiger charge is -2.56. The standard InChI is InChI=1S/C15H29NO2/c1-8-9-12(17)18-15(6)10-13(2,3)16(7)14(4,5)11-15/h8-11H2,1-7H3. The molecule has 106 valence electrons. The average Bonchev–Trinajstić information content (AvgIpc) is 2.11. The van der Waals surface area contributed by atoms with E-state index in [0.29, 0.717) is 6.42 Å². The lowest BCUT2D eigenvalue weighted by atomic mass is 9.72. The number of likely N-dealkylation sites (tertiary alicyclic amines) is 1. The van der Waals surface area contributed by atoms with E-state index < -0.39 is 0 Å². The summed E-state index contributed by atoms with van der Waals surface area (Å²) in [7, 11) is 2.16. The van der Waals surface area contributed by atoms with Crippen molar-refractivity contribution < 1.29 is 9.53 Å². The summed E-state index contributed by atoms with van der Waals surface area (Å²) in [6.45, 7) is 13.0. The van der Waals surface area contributed by atoms with Crippen molar-refractivity contribution in [2.75, 3.05) is 7.05 Å². The van der Waals surface area contributed by atoms with Crippen molar-refractivity contribution in [1.82, 2.24) is 4.90 Å². The van der Waals surface area contributed by atoms with Gasteiger partial charge in [0.15, 0.2) is 0 Å². The summed E-state index contributed by atoms with van der Waals surface area (Å²) in [5, 5.41) is 0. The van der Waals surface area contributed by atoms with Crippen molar-refractivity contribution in [1.29, 1.82) is 0 Å². The molecule has 3 nitrogen and oxygen atoms in total. The SMILES string of the molecule is CCCC(=O)OC1(C)CC(C)(C)N(C)C(C)(C)C1. The largest absolute Gasteiger partial charge is 0.459 e. The lowest BCUT2D eigenvalue weighted by Crippen LogP contribution is -2.63. The van der Waals surface area contributed by atoms with Gasteiger partial charge in [-0.05, 0) is 48.1 Å². The van der Waals surface area contributed by atoms with Crippen molar-refractivity contribution >= 4 is 5.97 Å². The summed E-state index contributed by atoms with van der Waals surface area (Å²) in [6.07, 6.45) is 3.14. The van der Waals surface area contributed by atoms with E-state index in [4.69, 9.17) is 4.74 Å². The zero-order valence-electron chi connectivity index (χ0n) is 13.1. The molecule has 0 bridgehead atoms. The average molecular weight is 255 g/mol. The van der Waals surface area contributed by atoms with Crippen LogP contribution in [0.1, 0.15) is 67.2 Å². The van der Waals surface area contributed by atoms with Crippen LogP contribution in [-0.2, 0) is 9.53 Å². The molecule has 0 N–H and O–H groups in total. The van der Waals surface area contributed by atoms with Gasteiger partial charge in [-0.15, -0.1) is 0 Å². The molecule has 1 aliphatic heterocycles. The Balaban J connectivity index is 2.87. The highest BCUT2D eigenvalue weighted by molar-refractivity contribution is 5.69. The highest BCUT2D eigenvalue weighted by Gasteiger charge is 2.50. The lowest BCUT2D eigenvalue weighted by molar-refractivity contribution is -0.178. The van der Waals surface area contributed by atoms with Gasteiger partial charge in [-0.2, -0.15) is 0 Å². The third-order valence-corrected chi connectivity index (χ3v) is 4.24. The van der Waals surface area contributed by atoms with Crippen molar-refractivity contribution in [3.8, 4) is 0 Å². The third kappa shape index (κ3) is 3.25. The molecule has 1 fully saturated rings. The Labute approximate surface area is 112 Å². The van der Waals surface area contributed by atoms with Gasteiger partial charge >= 0.3 is 5.97 Å². The first kappa shape index (κ1) is 15.5. The van der Waals surface area contributed by atoms with Crippen LogP contribution in [0, 0.1) is 0 Å². The molecule has 1 heterocycles. The zero-order chi connectivity index (χ0) is 14.2. The van der Waals surface area contributed by atoms with Gasteiger partial charge < -0.3 is 4.74 Å². The van der Waals surface area contributed by atoms with Crippen LogP contribution in [0.4, 0.5) is 0 Å². The smallest absolute Gasteiger partial charge is 0.306 e. The monoisotopic (exact) mass is 255 g/mol. The number of ether oxygens (including phenoxy) is 1. The number of carbonyl (C=O) groups is 1. The third-order valence-electron chi connectivity index (χ3n) is 4.24. The van der Waals surface area contributed by atoms with Crippen LogP contribution in [0.5, 0.6) is 0 Å². The van der Waals surface area contributed by atoms with E-state index in [9.17, 15) is 4.79 Å². The first-order chi connectivity index (χ1) is 8.02. The first-order valence-corrected chi connectivity index (χ1v) is 6.98. The molecule has 0 aromatic rings. The van der Waals surface area contributed by atoms with Crippen LogP contribution in [0.2, 0.25) is 0 Å². The predicted octanol–water partition coefficient (Wildman–Crippen LogP) is 3.37. The predicted molar refractivity (Wildman–Crippen MR) is 74.6 cm³/mol. The molecule has 0 saturated carbocycles. The molecular formula is C15H29NO2. The fourth-order valence-corrected chi connectivity index (χ4v) is 3.55. The fourth-order valence-electron chi connectivity index (χ4n) is 3.55. The molecule has 1 aliphatic rings. The normalized spacial score (nSPS) is 25.7. The molecule has 0 atom stereocenters. The second kappa shape index (κ2) is 4.84. The summed E-state index contributed by atoms with van der Waals surface area (Å²) in [6, 6.07) is 0. The van der Waals surface area contributed by atoms with Gasteiger partial charge in [0.25, 0.3) is 0 Å². The van der Waals surface area contributed by atoms with Crippen molar-refractivity contribution in [3.05, 3.63) is 0 Å². The van der Waals surface area contributed by atoms with Crippen LogP contribution in [0.25, 0.3) is 0 Å². The second-order valence-electron chi connectivity index (χ2n) is 7.21. The summed E-state index contributed by atoms with van der Waals surface area (Å²) in [5.74, 6) is -0.0591. The minimum atomic E-state index is -0.342. The number of esters is 1. The molecule has 0 radical (unpaired) electrons. The summed E-state index contributed by atoms with van der Waals surface area (Å²) >= 11 is 0. The Morgan fingerprint density at radius 1 is 1.11 bits per heavy atom. The molecule has 0 amide bonds. The van der Waals surface area contributed by atoms with Gasteiger partial charge in [-0.25, -0.2) is 0 Å². The van der Waals surface area contributed by atoms with Crippen molar-refractivity contribution in [3.63, 3.8) is 0 Å². The van der Waals surface area contributed by atoms with Gasteiger partial charge in [0.1, 0.15) is 5.60 Å². The van der Waals surface area contributed by atoms with Gasteiger partial charge in [0, 0.05) is 30.3 Å². The van der Waals surface area contributed by atoms with Crippen molar-refractivity contribution in [2.24, 2.45) is 0 Å². The summed E-state index contributed by atoms with van der Waals surface area (Å²) < 4.78 is 5.77. The maximum Gasteiger partial charge on any atom is 0.306 e. The van der Waals surface area contributed by atoms with E-state index in [1.54, 1.807) is 0 Å². The molecular weight excluding hydrogens is 226 g/mol. The van der Waals surface area contributed by atoms with Gasteiger partial charge in [-0.1, -0.05) is 6.92 Å². The maximum atomic E-state index is 11.8. The summed E-state index contributed by atoms with van der Waals surface area (Å²) in [5.41, 5.74) is -0.252. The minimum absolute atomic E-state index is 0.0446. The topological polar surface area (TPSA) is 29.5 Å².